The number of carbonyl (C=O) groups is 1. The van der Waals surface area contributed by atoms with Crippen molar-refractivity contribution in [2.45, 2.75) is 44.8 Å². The maximum absolute atomic E-state index is 13.6. The zero-order valence-electron chi connectivity index (χ0n) is 19.1. The summed E-state index contributed by atoms with van der Waals surface area (Å²) in [6.07, 6.45) is 3.36. The fourth-order valence-electron chi connectivity index (χ4n) is 4.50. The lowest BCUT2D eigenvalue weighted by atomic mass is 10.0. The Morgan fingerprint density at radius 1 is 1.15 bits per heavy atom. The van der Waals surface area contributed by atoms with Crippen LogP contribution in [0.25, 0.3) is 0 Å². The Morgan fingerprint density at radius 2 is 1.91 bits per heavy atom. The van der Waals surface area contributed by atoms with Gasteiger partial charge in [-0.1, -0.05) is 30.3 Å². The van der Waals surface area contributed by atoms with Crippen molar-refractivity contribution in [1.82, 2.24) is 15.5 Å². The second-order valence-corrected chi connectivity index (χ2v) is 8.53. The summed E-state index contributed by atoms with van der Waals surface area (Å²) in [6.45, 7) is 3.85. The van der Waals surface area contributed by atoms with Crippen molar-refractivity contribution in [3.05, 3.63) is 65.5 Å². The molecule has 2 N–H and O–H groups in total. The van der Waals surface area contributed by atoms with Gasteiger partial charge in [0.25, 0.3) is 0 Å². The monoisotopic (exact) mass is 565 g/mol. The minimum absolute atomic E-state index is 0. The lowest BCUT2D eigenvalue weighted by Crippen LogP contribution is -2.51. The fraction of sp³-hybridized carbons (Fsp3) is 0.440. The molecule has 0 radical (unpaired) electrons. The van der Waals surface area contributed by atoms with E-state index in [1.54, 1.807) is 19.2 Å². The molecule has 1 unspecified atom stereocenters. The van der Waals surface area contributed by atoms with Crippen LogP contribution in [0.15, 0.2) is 53.5 Å². The molecular formula is C25H33FIN5O. The largest absolute Gasteiger partial charge is 0.369 e. The Hall–Kier alpha value is -2.36. The van der Waals surface area contributed by atoms with Crippen LogP contribution in [0.1, 0.15) is 36.8 Å². The molecule has 0 aromatic heterocycles. The van der Waals surface area contributed by atoms with Crippen molar-refractivity contribution in [3.63, 3.8) is 0 Å². The van der Waals surface area contributed by atoms with Gasteiger partial charge in [0.1, 0.15) is 5.82 Å². The minimum atomic E-state index is -0.206. The number of benzene rings is 2. The number of halogens is 2. The average Bonchev–Trinajstić information content (AvgIpc) is 3.25. The molecule has 0 aliphatic carbocycles. The van der Waals surface area contributed by atoms with Crippen LogP contribution in [-0.4, -0.2) is 49.5 Å². The smallest absolute Gasteiger partial charge is 0.223 e. The van der Waals surface area contributed by atoms with E-state index in [0.717, 1.165) is 57.1 Å². The maximum Gasteiger partial charge on any atom is 0.223 e. The highest BCUT2D eigenvalue weighted by molar-refractivity contribution is 14.0. The molecule has 1 saturated heterocycles. The van der Waals surface area contributed by atoms with E-state index >= 15 is 0 Å². The number of nitrogens with one attached hydrogen (secondary N) is 2. The van der Waals surface area contributed by atoms with E-state index < -0.39 is 0 Å². The molecule has 6 nitrogen and oxygen atoms in total. The Balaban J connectivity index is 0.00000306. The Kier molecular flexibility index (Phi) is 9.34. The molecule has 1 fully saturated rings. The van der Waals surface area contributed by atoms with Gasteiger partial charge in [0.05, 0.1) is 0 Å². The van der Waals surface area contributed by atoms with Gasteiger partial charge in [-0.25, -0.2) is 4.39 Å². The normalized spacial score (nSPS) is 17.9. The molecule has 178 valence electrons. The summed E-state index contributed by atoms with van der Waals surface area (Å²) in [5.41, 5.74) is 3.42. The first-order chi connectivity index (χ1) is 15.6. The predicted molar refractivity (Wildman–Crippen MR) is 141 cm³/mol. The second-order valence-electron chi connectivity index (χ2n) is 8.53. The molecule has 33 heavy (non-hydrogen) atoms. The number of fused-ring (bicyclic) bond motifs is 1. The van der Waals surface area contributed by atoms with Crippen LogP contribution >= 0.6 is 24.0 Å². The van der Waals surface area contributed by atoms with Crippen molar-refractivity contribution in [2.75, 3.05) is 31.6 Å². The quantitative estimate of drug-likeness (QED) is 0.242. The van der Waals surface area contributed by atoms with E-state index in [9.17, 15) is 9.18 Å². The molecule has 0 saturated carbocycles. The third kappa shape index (κ3) is 6.82. The van der Waals surface area contributed by atoms with E-state index in [1.807, 2.05) is 23.1 Å². The van der Waals surface area contributed by atoms with Crippen molar-refractivity contribution >= 4 is 41.5 Å². The van der Waals surface area contributed by atoms with Gasteiger partial charge in [0, 0.05) is 57.9 Å². The summed E-state index contributed by atoms with van der Waals surface area (Å²) in [5.74, 6) is 0.739. The Labute approximate surface area is 212 Å². The molecule has 2 heterocycles. The van der Waals surface area contributed by atoms with E-state index in [0.29, 0.717) is 13.0 Å². The average molecular weight is 565 g/mol. The molecule has 0 bridgehead atoms. The van der Waals surface area contributed by atoms with Crippen molar-refractivity contribution in [3.8, 4) is 0 Å². The Morgan fingerprint density at radius 3 is 2.61 bits per heavy atom. The number of anilines is 1. The molecule has 2 aliphatic heterocycles. The molecule has 2 aliphatic rings. The third-order valence-corrected chi connectivity index (χ3v) is 6.21. The van der Waals surface area contributed by atoms with E-state index in [2.05, 4.69) is 32.7 Å². The van der Waals surface area contributed by atoms with E-state index in [-0.39, 0.29) is 41.7 Å². The number of carbonyl (C=O) groups excluding carboxylic acids is 1. The van der Waals surface area contributed by atoms with Gasteiger partial charge in [-0.05, 0) is 48.6 Å². The van der Waals surface area contributed by atoms with Gasteiger partial charge in [0.2, 0.25) is 5.91 Å². The van der Waals surface area contributed by atoms with Crippen LogP contribution in [0.5, 0.6) is 0 Å². The predicted octanol–water partition coefficient (Wildman–Crippen LogP) is 3.90. The zero-order chi connectivity index (χ0) is 22.3. The number of nitrogens with zero attached hydrogens (tertiary/aromatic N) is 3. The highest BCUT2D eigenvalue weighted by Gasteiger charge is 2.23. The molecule has 2 aromatic rings. The maximum atomic E-state index is 13.6. The van der Waals surface area contributed by atoms with Crippen LogP contribution < -0.4 is 15.5 Å². The minimum Gasteiger partial charge on any atom is -0.369 e. The van der Waals surface area contributed by atoms with Crippen molar-refractivity contribution < 1.29 is 9.18 Å². The summed E-state index contributed by atoms with van der Waals surface area (Å²) >= 11 is 0. The summed E-state index contributed by atoms with van der Waals surface area (Å²) in [6, 6.07) is 15.3. The third-order valence-electron chi connectivity index (χ3n) is 6.21. The summed E-state index contributed by atoms with van der Waals surface area (Å²) < 4.78 is 13.6. The number of amides is 1. The first kappa shape index (κ1) is 25.3. The van der Waals surface area contributed by atoms with Gasteiger partial charge in [-0.3, -0.25) is 9.79 Å². The summed E-state index contributed by atoms with van der Waals surface area (Å²) in [7, 11) is 1.76. The summed E-state index contributed by atoms with van der Waals surface area (Å²) in [5, 5.41) is 6.82. The van der Waals surface area contributed by atoms with Gasteiger partial charge < -0.3 is 20.4 Å². The van der Waals surface area contributed by atoms with Crippen LogP contribution in [0, 0.1) is 5.82 Å². The lowest BCUT2D eigenvalue weighted by molar-refractivity contribution is -0.131. The van der Waals surface area contributed by atoms with Crippen molar-refractivity contribution in [1.29, 1.82) is 0 Å². The number of guanidine groups is 1. The van der Waals surface area contributed by atoms with E-state index in [4.69, 9.17) is 0 Å². The van der Waals surface area contributed by atoms with E-state index in [1.165, 1.54) is 17.2 Å². The molecule has 0 spiro atoms. The first-order valence-electron chi connectivity index (χ1n) is 11.4. The highest BCUT2D eigenvalue weighted by atomic mass is 127. The molecular weight excluding hydrogens is 532 g/mol. The number of rotatable bonds is 6. The first-order valence-corrected chi connectivity index (χ1v) is 11.4. The SMILES string of the molecule is CN=C(NCCCC(=O)N1Cc2ccccc2C1)NC1CCCN(c2cccc(F)c2)C1.I. The van der Waals surface area contributed by atoms with Crippen LogP contribution in [0.2, 0.25) is 0 Å². The number of hydrogen-bond acceptors (Lipinski definition) is 3. The molecule has 4 rings (SSSR count). The molecule has 8 heteroatoms. The van der Waals surface area contributed by atoms with Gasteiger partial charge in [-0.2, -0.15) is 0 Å². The zero-order valence-corrected chi connectivity index (χ0v) is 21.4. The van der Waals surface area contributed by atoms with Crippen LogP contribution in [-0.2, 0) is 17.9 Å². The van der Waals surface area contributed by atoms with Crippen LogP contribution in [0.4, 0.5) is 10.1 Å². The van der Waals surface area contributed by atoms with Gasteiger partial charge in [0.15, 0.2) is 5.96 Å². The highest BCUT2D eigenvalue weighted by Crippen LogP contribution is 2.23. The van der Waals surface area contributed by atoms with Gasteiger partial charge >= 0.3 is 0 Å². The van der Waals surface area contributed by atoms with Crippen molar-refractivity contribution in [2.24, 2.45) is 4.99 Å². The lowest BCUT2D eigenvalue weighted by Gasteiger charge is -2.35. The number of piperidine rings is 1. The second kappa shape index (κ2) is 12.2. The number of aliphatic imine (C=N–C) groups is 1. The van der Waals surface area contributed by atoms with Crippen LogP contribution in [0.3, 0.4) is 0 Å². The summed E-state index contributed by atoms with van der Waals surface area (Å²) in [4.78, 5) is 21.0. The van der Waals surface area contributed by atoms with Gasteiger partial charge in [-0.15, -0.1) is 24.0 Å². The topological polar surface area (TPSA) is 60.0 Å². The Bertz CT molecular complexity index is 944. The molecule has 1 atom stereocenters. The molecule has 2 aromatic carbocycles. The standard InChI is InChI=1S/C25H32FN5O.HI/c1-27-25(29-22-10-6-14-30(18-22)23-11-4-9-21(26)15-23)28-13-5-12-24(32)31-16-19-7-2-3-8-20(19)17-31;/h2-4,7-9,11,15,22H,5-6,10,12-14,16-18H2,1H3,(H2,27,28,29);1H. The fourth-order valence-corrected chi connectivity index (χ4v) is 4.50. The molecule has 1 amide bonds. The number of hydrogen-bond donors (Lipinski definition) is 2.